The van der Waals surface area contributed by atoms with Crippen molar-refractivity contribution < 1.29 is 28.7 Å². The van der Waals surface area contributed by atoms with E-state index in [2.05, 4.69) is 0 Å². The zero-order valence-corrected chi connectivity index (χ0v) is 27.2. The zero-order valence-electron chi connectivity index (χ0n) is 25.7. The number of rotatable bonds is 4. The highest BCUT2D eigenvalue weighted by atomic mass is 35.5. The monoisotopic (exact) mass is 682 g/mol. The molecule has 242 valence electrons. The maximum atomic E-state index is 14.6. The van der Waals surface area contributed by atoms with Crippen LogP contribution in [0.15, 0.2) is 96.6 Å². The number of imide groups is 2. The number of aromatic hydroxyl groups is 1. The lowest BCUT2D eigenvalue weighted by Crippen LogP contribution is -2.60. The van der Waals surface area contributed by atoms with Gasteiger partial charge in [0.25, 0.3) is 11.8 Å². The Morgan fingerprint density at radius 1 is 0.792 bits per heavy atom. The number of carbonyl (C=O) groups excluding carboxylic acids is 4. The predicted octanol–water partition coefficient (Wildman–Crippen LogP) is 7.01. The molecular formula is C38H29Cl2FN2O5. The van der Waals surface area contributed by atoms with E-state index in [1.54, 1.807) is 42.5 Å². The lowest BCUT2D eigenvalue weighted by atomic mass is 9.56. The number of carbonyl (C=O) groups is 4. The minimum atomic E-state index is -2.07. The highest BCUT2D eigenvalue weighted by molar-refractivity contribution is 6.58. The van der Waals surface area contributed by atoms with Gasteiger partial charge in [0, 0.05) is 11.3 Å². The van der Waals surface area contributed by atoms with Gasteiger partial charge < -0.3 is 5.11 Å². The molecule has 0 bridgehead atoms. The van der Waals surface area contributed by atoms with Crippen molar-refractivity contribution in [3.8, 4) is 5.75 Å². The molecular weight excluding hydrogens is 654 g/mol. The summed E-state index contributed by atoms with van der Waals surface area (Å²) in [7, 11) is 0. The molecule has 3 fully saturated rings. The van der Waals surface area contributed by atoms with Gasteiger partial charge in [0.15, 0.2) is 9.75 Å². The molecule has 48 heavy (non-hydrogen) atoms. The molecule has 1 N–H and O–H groups in total. The lowest BCUT2D eigenvalue weighted by Gasteiger charge is -2.51. The molecule has 2 aliphatic carbocycles. The Morgan fingerprint density at radius 3 is 2.12 bits per heavy atom. The average molecular weight is 684 g/mol. The van der Waals surface area contributed by atoms with Crippen molar-refractivity contribution in [2.75, 3.05) is 9.80 Å². The Balaban J connectivity index is 1.32. The first-order valence-corrected chi connectivity index (χ1v) is 16.7. The van der Waals surface area contributed by atoms with Gasteiger partial charge in [-0.2, -0.15) is 0 Å². The number of halogens is 3. The fourth-order valence-electron chi connectivity index (χ4n) is 8.44. The van der Waals surface area contributed by atoms with Crippen LogP contribution < -0.4 is 9.80 Å². The molecule has 7 nitrogen and oxygen atoms in total. The first-order valence-electron chi connectivity index (χ1n) is 15.9. The summed E-state index contributed by atoms with van der Waals surface area (Å²) in [5.74, 6) is -6.10. The van der Waals surface area contributed by atoms with Crippen molar-refractivity contribution in [1.29, 1.82) is 0 Å². The normalized spacial score (nSPS) is 29.6. The van der Waals surface area contributed by atoms with Gasteiger partial charge in [-0.25, -0.2) is 9.29 Å². The molecule has 0 radical (unpaired) electrons. The minimum absolute atomic E-state index is 0.0169. The number of nitrogens with zero attached hydrogens (tertiary/aromatic N) is 2. The maximum Gasteiger partial charge on any atom is 0.258 e. The molecule has 4 aliphatic rings. The molecule has 2 heterocycles. The number of phenolic OH excluding ortho intramolecular Hbond substituents is 1. The number of hydrogen-bond acceptors (Lipinski definition) is 5. The lowest BCUT2D eigenvalue weighted by molar-refractivity contribution is -0.125. The van der Waals surface area contributed by atoms with Crippen molar-refractivity contribution in [3.63, 3.8) is 0 Å². The first kappa shape index (κ1) is 30.8. The number of anilines is 2. The molecule has 10 heteroatoms. The van der Waals surface area contributed by atoms with Crippen molar-refractivity contribution in [2.45, 2.75) is 41.9 Å². The van der Waals surface area contributed by atoms with Gasteiger partial charge >= 0.3 is 0 Å². The summed E-state index contributed by atoms with van der Waals surface area (Å²) in [5.41, 5.74) is 2.83. The van der Waals surface area contributed by atoms with Crippen LogP contribution in [0.1, 0.15) is 36.8 Å². The molecule has 0 spiro atoms. The third-order valence-corrected chi connectivity index (χ3v) is 12.2. The van der Waals surface area contributed by atoms with E-state index >= 15 is 0 Å². The number of aryl methyl sites for hydroxylation is 1. The molecule has 6 atom stereocenters. The van der Waals surface area contributed by atoms with E-state index in [-0.39, 0.29) is 30.2 Å². The maximum absolute atomic E-state index is 14.6. The van der Waals surface area contributed by atoms with E-state index < -0.39 is 57.0 Å². The number of fused-ring (bicyclic) bond motifs is 5. The van der Waals surface area contributed by atoms with Crippen LogP contribution in [-0.4, -0.2) is 38.5 Å². The van der Waals surface area contributed by atoms with Crippen LogP contribution in [-0.2, 0) is 25.6 Å². The van der Waals surface area contributed by atoms with Crippen molar-refractivity contribution in [2.24, 2.45) is 17.8 Å². The van der Waals surface area contributed by atoms with Gasteiger partial charge in [0.2, 0.25) is 11.8 Å². The molecule has 8 rings (SSSR count). The van der Waals surface area contributed by atoms with Crippen molar-refractivity contribution in [1.82, 2.24) is 0 Å². The molecule has 0 unspecified atom stereocenters. The Hall–Kier alpha value is -4.53. The second-order valence-electron chi connectivity index (χ2n) is 13.0. The van der Waals surface area contributed by atoms with Crippen LogP contribution in [0.3, 0.4) is 0 Å². The van der Waals surface area contributed by atoms with Crippen molar-refractivity contribution >= 4 is 69.0 Å². The van der Waals surface area contributed by atoms with Crippen molar-refractivity contribution in [3.05, 3.63) is 114 Å². The zero-order chi connectivity index (χ0) is 33.7. The van der Waals surface area contributed by atoms with Gasteiger partial charge in [-0.1, -0.05) is 61.0 Å². The molecule has 1 saturated carbocycles. The quantitative estimate of drug-likeness (QED) is 0.142. The summed E-state index contributed by atoms with van der Waals surface area (Å²) in [6, 6.07) is 22.5. The minimum Gasteiger partial charge on any atom is -0.507 e. The molecule has 2 aliphatic heterocycles. The Morgan fingerprint density at radius 2 is 1.44 bits per heavy atom. The fraction of sp³-hybridized carbons (Fsp3) is 0.263. The number of phenols is 1. The Kier molecular flexibility index (Phi) is 6.89. The van der Waals surface area contributed by atoms with Crippen LogP contribution >= 0.6 is 23.2 Å². The first-order chi connectivity index (χ1) is 23.0. The third-order valence-electron chi connectivity index (χ3n) is 10.7. The predicted molar refractivity (Wildman–Crippen MR) is 181 cm³/mol. The number of alkyl halides is 2. The summed E-state index contributed by atoms with van der Waals surface area (Å²) in [6.07, 6.45) is 2.73. The average Bonchev–Trinajstić information content (AvgIpc) is 3.43. The van der Waals surface area contributed by atoms with Gasteiger partial charge in [0.05, 0.1) is 23.2 Å². The van der Waals surface area contributed by atoms with Gasteiger partial charge in [-0.05, 0) is 84.2 Å². The van der Waals surface area contributed by atoms with Gasteiger partial charge in [-0.3, -0.25) is 24.1 Å². The van der Waals surface area contributed by atoms with Crippen LogP contribution in [0.4, 0.5) is 15.8 Å². The second-order valence-corrected chi connectivity index (χ2v) is 14.2. The molecule has 0 aromatic heterocycles. The van der Waals surface area contributed by atoms with E-state index in [1.165, 1.54) is 23.1 Å². The van der Waals surface area contributed by atoms with Gasteiger partial charge in [0.1, 0.15) is 11.6 Å². The molecule has 2 saturated heterocycles. The summed E-state index contributed by atoms with van der Waals surface area (Å²) in [6.45, 7) is 2.02. The summed E-state index contributed by atoms with van der Waals surface area (Å²) >= 11 is 15.0. The summed E-state index contributed by atoms with van der Waals surface area (Å²) < 4.78 is 13.9. The van der Waals surface area contributed by atoms with Crippen LogP contribution in [0.25, 0.3) is 10.8 Å². The SMILES string of the molecule is CCc1ccc(N2C(=O)[C@H]3[C@H](CC=C4[C@H]3C[C@@]3(Cl)C(=O)N(c5ccc(F)cc5)C(=O)[C@@]3(Cl)[C@H]4c3ccc(O)c4ccccc34)C2=O)cc1. The van der Waals surface area contributed by atoms with E-state index in [1.807, 2.05) is 25.1 Å². The summed E-state index contributed by atoms with van der Waals surface area (Å²) in [4.78, 5) is 55.4. The van der Waals surface area contributed by atoms with Crippen LogP contribution in [0.5, 0.6) is 5.75 Å². The second kappa shape index (κ2) is 10.7. The Bertz CT molecular complexity index is 2100. The highest BCUT2D eigenvalue weighted by Gasteiger charge is 2.76. The molecule has 4 amide bonds. The number of amides is 4. The van der Waals surface area contributed by atoms with E-state index in [4.69, 9.17) is 23.2 Å². The number of allylic oxidation sites excluding steroid dienone is 2. The molecule has 4 aromatic rings. The fourth-order valence-corrected chi connectivity index (χ4v) is 9.36. The largest absolute Gasteiger partial charge is 0.507 e. The van der Waals surface area contributed by atoms with Crippen LogP contribution in [0.2, 0.25) is 0 Å². The van der Waals surface area contributed by atoms with Gasteiger partial charge in [-0.15, -0.1) is 23.2 Å². The third kappa shape index (κ3) is 3.99. The standard InChI is InChI=1S/C38H29Cl2FN2O5/c1-2-20-7-11-22(12-8-20)42-33(45)28-16-15-27-29(31(28)34(42)46)19-37(39)35(47)43(23-13-9-21(41)10-14-23)36(48)38(37,40)32(27)26-17-18-30(44)25-6-4-3-5-24(25)26/h3-15,17-18,28-29,31-32,44H,2,16,19H2,1H3/t28-,29+,31-,32-,37+,38-/m0/s1. The highest BCUT2D eigenvalue weighted by Crippen LogP contribution is 2.66. The van der Waals surface area contributed by atoms with Crippen LogP contribution in [0, 0.1) is 23.6 Å². The number of hydrogen-bond donors (Lipinski definition) is 1. The Labute approximate surface area is 285 Å². The topological polar surface area (TPSA) is 95.0 Å². The summed E-state index contributed by atoms with van der Waals surface area (Å²) in [5, 5.41) is 11.9. The number of benzene rings is 4. The smallest absolute Gasteiger partial charge is 0.258 e. The van der Waals surface area contributed by atoms with E-state index in [9.17, 15) is 28.7 Å². The van der Waals surface area contributed by atoms with E-state index in [0.717, 1.165) is 29.0 Å². The molecule has 4 aromatic carbocycles. The van der Waals surface area contributed by atoms with E-state index in [0.29, 0.717) is 27.6 Å².